The van der Waals surface area contributed by atoms with Gasteiger partial charge in [-0.1, -0.05) is 66.7 Å². The lowest BCUT2D eigenvalue weighted by Gasteiger charge is -2.41. The Kier molecular flexibility index (Phi) is 5.38. The third-order valence-corrected chi connectivity index (χ3v) is 7.14. The second-order valence-corrected chi connectivity index (χ2v) is 8.86. The van der Waals surface area contributed by atoms with E-state index in [9.17, 15) is 14.7 Å². The summed E-state index contributed by atoms with van der Waals surface area (Å²) in [7, 11) is 0. The highest BCUT2D eigenvalue weighted by Crippen LogP contribution is 2.50. The van der Waals surface area contributed by atoms with Gasteiger partial charge < -0.3 is 10.8 Å². The molecule has 0 radical (unpaired) electrons. The van der Waals surface area contributed by atoms with Gasteiger partial charge in [-0.3, -0.25) is 14.6 Å². The number of hydrogen-bond donors (Lipinski definition) is 2. The fourth-order valence-corrected chi connectivity index (χ4v) is 5.72. The topological polar surface area (TPSA) is 86.9 Å². The maximum absolute atomic E-state index is 13.1. The summed E-state index contributed by atoms with van der Waals surface area (Å²) in [6, 6.07) is 24.7. The molecule has 0 saturated carbocycles. The Morgan fingerprint density at radius 1 is 0.939 bits per heavy atom. The standard InChI is InChI=1S/C27H27N3O3/c28-26(33)30-23-13-6-4-11-20(23)17-22(21-12-5-7-14-24(21)30)27(25(31)32)15-8-16-29(27)18-19-9-2-1-3-10-19/h1-7,9-14,22H,8,15-18H2,(H2,28,33)(H,31,32)/t22-,27-/m0/s1. The van der Waals surface area contributed by atoms with Gasteiger partial charge in [-0.25, -0.2) is 4.79 Å². The fourth-order valence-electron chi connectivity index (χ4n) is 5.72. The smallest absolute Gasteiger partial charge is 0.324 e. The number of likely N-dealkylation sites (tertiary alicyclic amines) is 1. The van der Waals surface area contributed by atoms with Gasteiger partial charge in [0.15, 0.2) is 0 Å². The molecule has 3 aromatic rings. The Hall–Kier alpha value is -3.64. The van der Waals surface area contributed by atoms with Gasteiger partial charge in [-0.05, 0) is 54.6 Å². The molecule has 3 aromatic carbocycles. The molecule has 168 valence electrons. The van der Waals surface area contributed by atoms with Crippen LogP contribution in [0.5, 0.6) is 0 Å². The summed E-state index contributed by atoms with van der Waals surface area (Å²) in [6.07, 6.45) is 1.86. The van der Waals surface area contributed by atoms with Crippen LogP contribution >= 0.6 is 0 Å². The van der Waals surface area contributed by atoms with Crippen LogP contribution in [0.15, 0.2) is 78.9 Å². The third kappa shape index (κ3) is 3.47. The predicted molar refractivity (Wildman–Crippen MR) is 128 cm³/mol. The summed E-state index contributed by atoms with van der Waals surface area (Å²) in [6.45, 7) is 1.27. The number of anilines is 2. The molecule has 0 bridgehead atoms. The number of carbonyl (C=O) groups excluding carboxylic acids is 1. The van der Waals surface area contributed by atoms with Crippen molar-refractivity contribution in [3.05, 3.63) is 95.6 Å². The first-order chi connectivity index (χ1) is 16.0. The molecule has 0 unspecified atom stereocenters. The first-order valence-electron chi connectivity index (χ1n) is 11.3. The van der Waals surface area contributed by atoms with E-state index in [1.807, 2.05) is 78.9 Å². The second-order valence-electron chi connectivity index (χ2n) is 8.86. The molecular weight excluding hydrogens is 414 g/mol. The van der Waals surface area contributed by atoms with Crippen LogP contribution < -0.4 is 10.6 Å². The lowest BCUT2D eigenvalue weighted by Crippen LogP contribution is -2.55. The number of amides is 2. The molecule has 2 atom stereocenters. The van der Waals surface area contributed by atoms with Crippen LogP contribution in [0.25, 0.3) is 0 Å². The van der Waals surface area contributed by atoms with Gasteiger partial charge in [0.2, 0.25) is 0 Å². The quantitative estimate of drug-likeness (QED) is 0.616. The predicted octanol–water partition coefficient (Wildman–Crippen LogP) is 4.66. The van der Waals surface area contributed by atoms with E-state index in [4.69, 9.17) is 5.73 Å². The number of aliphatic carboxylic acids is 1. The van der Waals surface area contributed by atoms with Gasteiger partial charge in [0, 0.05) is 12.5 Å². The van der Waals surface area contributed by atoms with Crippen LogP contribution in [0, 0.1) is 0 Å². The number of nitrogens with zero attached hydrogens (tertiary/aromatic N) is 2. The van der Waals surface area contributed by atoms with Crippen LogP contribution in [0.1, 0.15) is 35.4 Å². The molecule has 0 aliphatic carbocycles. The zero-order valence-corrected chi connectivity index (χ0v) is 18.4. The van der Waals surface area contributed by atoms with Crippen molar-refractivity contribution in [3.8, 4) is 0 Å². The molecule has 1 fully saturated rings. The average Bonchev–Trinajstić information content (AvgIpc) is 3.17. The van der Waals surface area contributed by atoms with Crippen molar-refractivity contribution in [1.29, 1.82) is 0 Å². The highest BCUT2D eigenvalue weighted by atomic mass is 16.4. The number of urea groups is 1. The molecule has 0 spiro atoms. The van der Waals surface area contributed by atoms with Gasteiger partial charge >= 0.3 is 12.0 Å². The van der Waals surface area contributed by atoms with Crippen LogP contribution in [0.4, 0.5) is 16.2 Å². The number of para-hydroxylation sites is 2. The minimum absolute atomic E-state index is 0.345. The third-order valence-electron chi connectivity index (χ3n) is 7.14. The highest BCUT2D eigenvalue weighted by Gasteiger charge is 2.55. The van der Waals surface area contributed by atoms with Crippen molar-refractivity contribution in [2.75, 3.05) is 11.4 Å². The molecule has 2 aliphatic rings. The maximum Gasteiger partial charge on any atom is 0.324 e. The largest absolute Gasteiger partial charge is 0.480 e. The molecule has 1 saturated heterocycles. The molecule has 2 amide bonds. The van der Waals surface area contributed by atoms with Gasteiger partial charge in [-0.15, -0.1) is 0 Å². The zero-order valence-electron chi connectivity index (χ0n) is 18.4. The summed E-state index contributed by atoms with van der Waals surface area (Å²) >= 11 is 0. The van der Waals surface area contributed by atoms with Crippen molar-refractivity contribution in [2.45, 2.75) is 37.3 Å². The van der Waals surface area contributed by atoms with E-state index in [-0.39, 0.29) is 5.92 Å². The Bertz CT molecular complexity index is 1200. The number of nitrogens with two attached hydrogens (primary N) is 1. The van der Waals surface area contributed by atoms with E-state index in [0.717, 1.165) is 23.1 Å². The molecule has 0 aromatic heterocycles. The minimum Gasteiger partial charge on any atom is -0.480 e. The molecule has 6 nitrogen and oxygen atoms in total. The van der Waals surface area contributed by atoms with E-state index in [1.54, 1.807) is 0 Å². The zero-order chi connectivity index (χ0) is 23.0. The van der Waals surface area contributed by atoms with E-state index >= 15 is 0 Å². The summed E-state index contributed by atoms with van der Waals surface area (Å²) < 4.78 is 0. The maximum atomic E-state index is 13.1. The summed E-state index contributed by atoms with van der Waals surface area (Å²) in [4.78, 5) is 29.4. The molecule has 3 N–H and O–H groups in total. The van der Waals surface area contributed by atoms with Crippen molar-refractivity contribution in [2.24, 2.45) is 5.73 Å². The first-order valence-corrected chi connectivity index (χ1v) is 11.3. The number of hydrogen-bond acceptors (Lipinski definition) is 3. The normalized spacial score (nSPS) is 22.3. The molecule has 33 heavy (non-hydrogen) atoms. The van der Waals surface area contributed by atoms with E-state index in [1.165, 1.54) is 4.90 Å². The SMILES string of the molecule is NC(=O)N1c2ccccc2C[C@H]([C@]2(C(=O)O)CCCN2Cc2ccccc2)c2ccccc21. The number of rotatable bonds is 4. The molecule has 5 rings (SSSR count). The summed E-state index contributed by atoms with van der Waals surface area (Å²) in [5.41, 5.74) is 8.98. The van der Waals surface area contributed by atoms with Crippen LogP contribution in [-0.2, 0) is 17.8 Å². The summed E-state index contributed by atoms with van der Waals surface area (Å²) in [5.74, 6) is -1.16. The number of carbonyl (C=O) groups is 2. The Balaban J connectivity index is 1.69. The molecule has 2 heterocycles. The van der Waals surface area contributed by atoms with Crippen molar-refractivity contribution in [3.63, 3.8) is 0 Å². The molecule has 6 heteroatoms. The van der Waals surface area contributed by atoms with E-state index < -0.39 is 17.5 Å². The van der Waals surface area contributed by atoms with Crippen molar-refractivity contribution < 1.29 is 14.7 Å². The van der Waals surface area contributed by atoms with E-state index in [2.05, 4.69) is 4.90 Å². The number of primary amides is 1. The Morgan fingerprint density at radius 2 is 1.61 bits per heavy atom. The van der Waals surface area contributed by atoms with Crippen LogP contribution in [0.3, 0.4) is 0 Å². The highest BCUT2D eigenvalue weighted by molar-refractivity contribution is 6.01. The Morgan fingerprint density at radius 3 is 2.33 bits per heavy atom. The van der Waals surface area contributed by atoms with E-state index in [0.29, 0.717) is 37.3 Å². The van der Waals surface area contributed by atoms with Gasteiger partial charge in [0.1, 0.15) is 5.54 Å². The summed E-state index contributed by atoms with van der Waals surface area (Å²) in [5, 5.41) is 10.8. The van der Waals surface area contributed by atoms with Gasteiger partial charge in [0.25, 0.3) is 0 Å². The van der Waals surface area contributed by atoms with Crippen LogP contribution in [0.2, 0.25) is 0 Å². The van der Waals surface area contributed by atoms with Gasteiger partial charge in [0.05, 0.1) is 11.4 Å². The first kappa shape index (κ1) is 21.2. The molecule has 2 aliphatic heterocycles. The number of carboxylic acids is 1. The molecular formula is C27H27N3O3. The number of benzene rings is 3. The Labute approximate surface area is 193 Å². The fraction of sp³-hybridized carbons (Fsp3) is 0.259. The number of carboxylic acid groups (broad SMARTS) is 1. The van der Waals surface area contributed by atoms with Crippen molar-refractivity contribution >= 4 is 23.4 Å². The van der Waals surface area contributed by atoms with Crippen LogP contribution in [-0.4, -0.2) is 34.1 Å². The average molecular weight is 442 g/mol. The van der Waals surface area contributed by atoms with Crippen molar-refractivity contribution in [1.82, 2.24) is 4.90 Å². The lowest BCUT2D eigenvalue weighted by atomic mass is 9.73. The minimum atomic E-state index is -1.09. The monoisotopic (exact) mass is 441 g/mol. The second kappa shape index (κ2) is 8.37. The van der Waals surface area contributed by atoms with Gasteiger partial charge in [-0.2, -0.15) is 0 Å². The lowest BCUT2D eigenvalue weighted by molar-refractivity contribution is -0.152. The number of fused-ring (bicyclic) bond motifs is 2.